The van der Waals surface area contributed by atoms with E-state index in [4.69, 9.17) is 23.9 Å². The van der Waals surface area contributed by atoms with Crippen LogP contribution in [0.3, 0.4) is 0 Å². The third kappa shape index (κ3) is 8.31. The summed E-state index contributed by atoms with van der Waals surface area (Å²) in [6.45, 7) is 4.76. The zero-order chi connectivity index (χ0) is 36.3. The number of hydrogen-bond acceptors (Lipinski definition) is 9. The first-order chi connectivity index (χ1) is 24.4. The molecule has 6 rings (SSSR count). The van der Waals surface area contributed by atoms with Crippen molar-refractivity contribution >= 4 is 34.8 Å². The minimum Gasteiger partial charge on any atom is -0.497 e. The van der Waals surface area contributed by atoms with Gasteiger partial charge in [-0.3, -0.25) is 9.59 Å². The van der Waals surface area contributed by atoms with E-state index in [0.29, 0.717) is 39.4 Å². The van der Waals surface area contributed by atoms with Crippen LogP contribution >= 0.6 is 0 Å². The maximum absolute atomic E-state index is 14.5. The summed E-state index contributed by atoms with van der Waals surface area (Å²) in [5.74, 6) is -1.11. The molecular weight excluding hydrogens is 656 g/mol. The maximum Gasteiger partial charge on any atom is 0.408 e. The number of nitrogens with one attached hydrogen (secondary N) is 2. The Labute approximate surface area is 294 Å². The van der Waals surface area contributed by atoms with Gasteiger partial charge in [-0.25, -0.2) is 14.6 Å². The van der Waals surface area contributed by atoms with Crippen LogP contribution < -0.4 is 24.8 Å². The molecule has 1 fully saturated rings. The standard InChI is InChI=1S/C38H40N4O9/c1-38(2,3)51-37(47)41-30-16-22-9-8-12-25(15-22)49-21-31(36(45)46)40-34(43)32-18-26(20-42(32)35(30)44)50-33-19-28(23-10-6-5-7-11-23)39-29-17-24(48-4)13-14-27(29)33/h5-15,17,19,26,30-32H,16,18,20-21H2,1-4H3,(H,40,43)(H,41,47)(H,45,46)/t26-,30-,31+,32+/m1/s1. The Morgan fingerprint density at radius 1 is 1.02 bits per heavy atom. The first-order valence-corrected chi connectivity index (χ1v) is 16.6. The van der Waals surface area contributed by atoms with Crippen LogP contribution in [0.15, 0.2) is 78.9 Å². The molecule has 1 aromatic heterocycles. The molecular formula is C38H40N4O9. The maximum atomic E-state index is 14.5. The predicted octanol–water partition coefficient (Wildman–Crippen LogP) is 4.36. The Morgan fingerprint density at radius 2 is 1.80 bits per heavy atom. The van der Waals surface area contributed by atoms with E-state index in [1.807, 2.05) is 42.5 Å². The van der Waals surface area contributed by atoms with Crippen LogP contribution in [0.4, 0.5) is 4.79 Å². The number of ether oxygens (including phenoxy) is 4. The largest absolute Gasteiger partial charge is 0.497 e. The van der Waals surface area contributed by atoms with Gasteiger partial charge >= 0.3 is 12.1 Å². The number of amides is 3. The number of carbonyl (C=O) groups is 4. The van der Waals surface area contributed by atoms with Crippen LogP contribution in [-0.4, -0.2) is 89.0 Å². The van der Waals surface area contributed by atoms with Crippen LogP contribution in [-0.2, 0) is 25.5 Å². The van der Waals surface area contributed by atoms with Gasteiger partial charge in [0.1, 0.15) is 47.6 Å². The molecule has 266 valence electrons. The van der Waals surface area contributed by atoms with E-state index in [9.17, 15) is 24.3 Å². The topological polar surface area (TPSA) is 166 Å². The lowest BCUT2D eigenvalue weighted by Crippen LogP contribution is -2.56. The molecule has 0 aliphatic carbocycles. The van der Waals surface area contributed by atoms with E-state index < -0.39 is 53.7 Å². The second-order valence-corrected chi connectivity index (χ2v) is 13.5. The molecule has 4 aromatic rings. The Hall–Kier alpha value is -5.85. The molecule has 3 aromatic carbocycles. The minimum absolute atomic E-state index is 0.0294. The fraction of sp³-hybridized carbons (Fsp3) is 0.342. The van der Waals surface area contributed by atoms with Gasteiger partial charge in [0.2, 0.25) is 11.8 Å². The molecule has 0 radical (unpaired) electrons. The van der Waals surface area contributed by atoms with Crippen molar-refractivity contribution < 1.29 is 43.2 Å². The summed E-state index contributed by atoms with van der Waals surface area (Å²) in [5.41, 5.74) is 1.93. The number of fused-ring (bicyclic) bond motifs is 4. The number of rotatable bonds is 6. The van der Waals surface area contributed by atoms with Crippen molar-refractivity contribution in [2.45, 2.75) is 63.4 Å². The SMILES string of the molecule is COc1ccc2c(O[C@@H]3C[C@H]4C(=O)N[C@H](C(=O)O)COc5cccc(c5)C[C@@H](NC(=O)OC(C)(C)C)C(=O)N4C3)cc(-c3ccccc3)nc2c1. The number of carbonyl (C=O) groups excluding carboxylic acids is 3. The highest BCUT2D eigenvalue weighted by Gasteiger charge is 2.44. The Bertz CT molecular complexity index is 1950. The van der Waals surface area contributed by atoms with Gasteiger partial charge in [0.25, 0.3) is 0 Å². The van der Waals surface area contributed by atoms with Gasteiger partial charge < -0.3 is 39.6 Å². The quantitative estimate of drug-likeness (QED) is 0.264. The van der Waals surface area contributed by atoms with E-state index in [1.54, 1.807) is 64.3 Å². The van der Waals surface area contributed by atoms with Crippen molar-refractivity contribution in [1.82, 2.24) is 20.5 Å². The van der Waals surface area contributed by atoms with Crippen molar-refractivity contribution in [1.29, 1.82) is 0 Å². The number of carboxylic acid groups (broad SMARTS) is 1. The van der Waals surface area contributed by atoms with E-state index in [-0.39, 0.29) is 26.0 Å². The van der Waals surface area contributed by atoms with E-state index in [0.717, 1.165) is 5.56 Å². The van der Waals surface area contributed by atoms with Crippen molar-refractivity contribution in [3.8, 4) is 28.5 Å². The summed E-state index contributed by atoms with van der Waals surface area (Å²) >= 11 is 0. The molecule has 3 amide bonds. The lowest BCUT2D eigenvalue weighted by Gasteiger charge is -2.29. The van der Waals surface area contributed by atoms with E-state index >= 15 is 0 Å². The number of alkyl carbamates (subject to hydrolysis) is 1. The fourth-order valence-corrected chi connectivity index (χ4v) is 6.18. The summed E-state index contributed by atoms with van der Waals surface area (Å²) in [6, 6.07) is 19.9. The molecule has 1 saturated heterocycles. The van der Waals surface area contributed by atoms with Crippen LogP contribution in [0, 0.1) is 0 Å². The van der Waals surface area contributed by atoms with Gasteiger partial charge in [-0.05, 0) is 50.6 Å². The highest BCUT2D eigenvalue weighted by Crippen LogP contribution is 2.35. The van der Waals surface area contributed by atoms with Crippen LogP contribution in [0.5, 0.6) is 17.2 Å². The molecule has 13 nitrogen and oxygen atoms in total. The summed E-state index contributed by atoms with van der Waals surface area (Å²) in [6.07, 6.45) is -1.41. The summed E-state index contributed by atoms with van der Waals surface area (Å²) < 4.78 is 23.3. The number of hydrogen-bond donors (Lipinski definition) is 3. The summed E-state index contributed by atoms with van der Waals surface area (Å²) in [5, 5.41) is 15.9. The highest BCUT2D eigenvalue weighted by atomic mass is 16.6. The van der Waals surface area contributed by atoms with Crippen LogP contribution in [0.25, 0.3) is 22.2 Å². The van der Waals surface area contributed by atoms with Crippen molar-refractivity contribution in [3.05, 3.63) is 84.4 Å². The molecule has 3 heterocycles. The zero-order valence-electron chi connectivity index (χ0n) is 28.8. The van der Waals surface area contributed by atoms with Crippen molar-refractivity contribution in [2.24, 2.45) is 0 Å². The summed E-state index contributed by atoms with van der Waals surface area (Å²) in [4.78, 5) is 59.7. The van der Waals surface area contributed by atoms with E-state index in [1.165, 1.54) is 4.90 Å². The lowest BCUT2D eigenvalue weighted by atomic mass is 10.0. The van der Waals surface area contributed by atoms with Gasteiger partial charge in [0.15, 0.2) is 6.04 Å². The normalized spacial score (nSPS) is 20.8. The monoisotopic (exact) mass is 696 g/mol. The third-order valence-corrected chi connectivity index (χ3v) is 8.55. The van der Waals surface area contributed by atoms with Gasteiger partial charge in [-0.1, -0.05) is 42.5 Å². The van der Waals surface area contributed by atoms with E-state index in [2.05, 4.69) is 10.6 Å². The fourth-order valence-electron chi connectivity index (χ4n) is 6.18. The van der Waals surface area contributed by atoms with Crippen molar-refractivity contribution in [3.63, 3.8) is 0 Å². The molecule has 0 unspecified atom stereocenters. The molecule has 13 heteroatoms. The number of methoxy groups -OCH3 is 1. The number of aliphatic carboxylic acids is 1. The van der Waals surface area contributed by atoms with Gasteiger partial charge in [0, 0.05) is 35.9 Å². The number of pyridine rings is 1. The Kier molecular flexibility index (Phi) is 9.99. The molecule has 2 aliphatic heterocycles. The highest BCUT2D eigenvalue weighted by molar-refractivity contribution is 5.94. The minimum atomic E-state index is -1.40. The van der Waals surface area contributed by atoms with Crippen LogP contribution in [0.1, 0.15) is 32.8 Å². The average Bonchev–Trinajstić information content (AvgIpc) is 3.52. The number of benzene rings is 3. The molecule has 2 aliphatic rings. The Balaban J connectivity index is 1.37. The smallest absolute Gasteiger partial charge is 0.408 e. The molecule has 0 saturated carbocycles. The molecule has 3 N–H and O–H groups in total. The lowest BCUT2D eigenvalue weighted by molar-refractivity contribution is -0.145. The first kappa shape index (κ1) is 35.0. The predicted molar refractivity (Wildman–Crippen MR) is 187 cm³/mol. The second-order valence-electron chi connectivity index (χ2n) is 13.5. The summed E-state index contributed by atoms with van der Waals surface area (Å²) in [7, 11) is 1.57. The van der Waals surface area contributed by atoms with Gasteiger partial charge in [-0.2, -0.15) is 0 Å². The van der Waals surface area contributed by atoms with Gasteiger partial charge in [-0.15, -0.1) is 0 Å². The molecule has 51 heavy (non-hydrogen) atoms. The van der Waals surface area contributed by atoms with Crippen molar-refractivity contribution in [2.75, 3.05) is 20.3 Å². The number of carboxylic acids is 1. The Morgan fingerprint density at radius 3 is 2.53 bits per heavy atom. The third-order valence-electron chi connectivity index (χ3n) is 8.55. The number of nitrogens with zero attached hydrogens (tertiary/aromatic N) is 2. The second kappa shape index (κ2) is 14.6. The molecule has 0 spiro atoms. The first-order valence-electron chi connectivity index (χ1n) is 16.6. The zero-order valence-corrected chi connectivity index (χ0v) is 28.8. The number of aromatic nitrogens is 1. The molecule has 4 atom stereocenters. The van der Waals surface area contributed by atoms with Crippen LogP contribution in [0.2, 0.25) is 0 Å². The molecule has 2 bridgehead atoms. The van der Waals surface area contributed by atoms with Gasteiger partial charge in [0.05, 0.1) is 24.9 Å². The average molecular weight is 697 g/mol.